The molecule has 2 heterocycles. The molecule has 0 saturated heterocycles. The summed E-state index contributed by atoms with van der Waals surface area (Å²) in [6, 6.07) is 4.45. The molecule has 2 rings (SSSR count). The average molecular weight is 218 g/mol. The summed E-state index contributed by atoms with van der Waals surface area (Å²) in [5, 5.41) is 3.39. The molecule has 0 radical (unpaired) electrons. The molecule has 1 aliphatic heterocycles. The van der Waals surface area contributed by atoms with Crippen LogP contribution < -0.4 is 5.32 Å². The predicted molar refractivity (Wildman–Crippen MR) is 68.8 cm³/mol. The quantitative estimate of drug-likeness (QED) is 0.837. The van der Waals surface area contributed by atoms with E-state index in [4.69, 9.17) is 4.98 Å². The Morgan fingerprint density at radius 2 is 2.25 bits per heavy atom. The Balaban J connectivity index is 1.95. The van der Waals surface area contributed by atoms with Gasteiger partial charge in [0.15, 0.2) is 0 Å². The molecule has 0 aromatic carbocycles. The first-order valence-electron chi connectivity index (χ1n) is 6.48. The molecule has 1 aromatic rings. The van der Waals surface area contributed by atoms with Gasteiger partial charge in [-0.1, -0.05) is 26.3 Å². The van der Waals surface area contributed by atoms with Gasteiger partial charge in [-0.2, -0.15) is 0 Å². The van der Waals surface area contributed by atoms with E-state index in [1.807, 2.05) is 0 Å². The zero-order valence-electron chi connectivity index (χ0n) is 10.4. The van der Waals surface area contributed by atoms with Crippen molar-refractivity contribution in [1.29, 1.82) is 0 Å². The van der Waals surface area contributed by atoms with Gasteiger partial charge < -0.3 is 5.32 Å². The summed E-state index contributed by atoms with van der Waals surface area (Å²) in [5.41, 5.74) is 2.63. The number of hydrogen-bond acceptors (Lipinski definition) is 2. The van der Waals surface area contributed by atoms with Crippen molar-refractivity contribution in [2.24, 2.45) is 5.92 Å². The van der Waals surface area contributed by atoms with Crippen molar-refractivity contribution in [2.75, 3.05) is 11.9 Å². The number of nitrogens with one attached hydrogen (secondary N) is 1. The highest BCUT2D eigenvalue weighted by Crippen LogP contribution is 2.20. The van der Waals surface area contributed by atoms with E-state index in [1.165, 1.54) is 36.9 Å². The summed E-state index contributed by atoms with van der Waals surface area (Å²) in [6.07, 6.45) is 6.09. The van der Waals surface area contributed by atoms with Crippen molar-refractivity contribution in [1.82, 2.24) is 4.98 Å². The van der Waals surface area contributed by atoms with Crippen LogP contribution in [-0.2, 0) is 12.8 Å². The molecular weight excluding hydrogens is 196 g/mol. The maximum atomic E-state index is 4.70. The minimum absolute atomic E-state index is 0.802. The van der Waals surface area contributed by atoms with E-state index in [0.717, 1.165) is 24.7 Å². The Morgan fingerprint density at radius 3 is 3.06 bits per heavy atom. The number of nitrogens with zero attached hydrogens (tertiary/aromatic N) is 1. The lowest BCUT2D eigenvalue weighted by atomic mass is 10.0. The minimum atomic E-state index is 0.802. The van der Waals surface area contributed by atoms with E-state index in [-0.39, 0.29) is 0 Å². The number of aryl methyl sites for hydroxylation is 2. The van der Waals surface area contributed by atoms with Gasteiger partial charge in [0.25, 0.3) is 0 Å². The number of fused-ring (bicyclic) bond motifs is 1. The zero-order valence-corrected chi connectivity index (χ0v) is 10.4. The summed E-state index contributed by atoms with van der Waals surface area (Å²) >= 11 is 0. The number of rotatable bonds is 4. The smallest absolute Gasteiger partial charge is 0.129 e. The average Bonchev–Trinajstić information content (AvgIpc) is 2.28. The number of hydrogen-bond donors (Lipinski definition) is 1. The SMILES string of the molecule is CC(C)CCCc1ccc2c(n1)NCCC2. The second kappa shape index (κ2) is 5.33. The number of pyridine rings is 1. The molecule has 0 fully saturated rings. The van der Waals surface area contributed by atoms with Crippen LogP contribution in [-0.4, -0.2) is 11.5 Å². The van der Waals surface area contributed by atoms with Gasteiger partial charge in [-0.3, -0.25) is 0 Å². The molecule has 88 valence electrons. The highest BCUT2D eigenvalue weighted by atomic mass is 15.0. The second-order valence-electron chi connectivity index (χ2n) is 5.13. The number of anilines is 1. The molecule has 1 aromatic heterocycles. The Hall–Kier alpha value is -1.05. The maximum absolute atomic E-state index is 4.70. The van der Waals surface area contributed by atoms with Crippen LogP contribution in [0.5, 0.6) is 0 Å². The van der Waals surface area contributed by atoms with E-state index in [0.29, 0.717) is 0 Å². The fraction of sp³-hybridized carbons (Fsp3) is 0.643. The Kier molecular flexibility index (Phi) is 3.81. The summed E-state index contributed by atoms with van der Waals surface area (Å²) < 4.78 is 0. The van der Waals surface area contributed by atoms with Gasteiger partial charge in [-0.25, -0.2) is 4.98 Å². The molecule has 2 heteroatoms. The Morgan fingerprint density at radius 1 is 1.38 bits per heavy atom. The van der Waals surface area contributed by atoms with Crippen molar-refractivity contribution in [2.45, 2.75) is 46.0 Å². The molecule has 1 N–H and O–H groups in total. The molecule has 0 saturated carbocycles. The largest absolute Gasteiger partial charge is 0.370 e. The van der Waals surface area contributed by atoms with Gasteiger partial charge >= 0.3 is 0 Å². The first-order valence-corrected chi connectivity index (χ1v) is 6.48. The van der Waals surface area contributed by atoms with Crippen molar-refractivity contribution in [3.05, 3.63) is 23.4 Å². The Labute approximate surface area is 98.5 Å². The minimum Gasteiger partial charge on any atom is -0.370 e. The molecule has 16 heavy (non-hydrogen) atoms. The van der Waals surface area contributed by atoms with Gasteiger partial charge in [-0.05, 0) is 43.2 Å². The lowest BCUT2D eigenvalue weighted by Gasteiger charge is -2.17. The van der Waals surface area contributed by atoms with Gasteiger partial charge in [0.1, 0.15) is 5.82 Å². The lowest BCUT2D eigenvalue weighted by molar-refractivity contribution is 0.553. The fourth-order valence-electron chi connectivity index (χ4n) is 2.20. The number of aromatic nitrogens is 1. The lowest BCUT2D eigenvalue weighted by Crippen LogP contribution is -2.14. The van der Waals surface area contributed by atoms with Crippen LogP contribution in [0.4, 0.5) is 5.82 Å². The highest BCUT2D eigenvalue weighted by molar-refractivity contribution is 5.46. The van der Waals surface area contributed by atoms with Gasteiger partial charge in [0.2, 0.25) is 0 Å². The van der Waals surface area contributed by atoms with Crippen molar-refractivity contribution >= 4 is 5.82 Å². The zero-order chi connectivity index (χ0) is 11.4. The van der Waals surface area contributed by atoms with Gasteiger partial charge in [-0.15, -0.1) is 0 Å². The summed E-state index contributed by atoms with van der Waals surface area (Å²) in [4.78, 5) is 4.70. The summed E-state index contributed by atoms with van der Waals surface area (Å²) in [7, 11) is 0. The van der Waals surface area contributed by atoms with E-state index in [2.05, 4.69) is 31.3 Å². The third kappa shape index (κ3) is 2.97. The molecule has 0 atom stereocenters. The van der Waals surface area contributed by atoms with Crippen LogP contribution in [0.25, 0.3) is 0 Å². The molecule has 0 aliphatic carbocycles. The van der Waals surface area contributed by atoms with Crippen molar-refractivity contribution < 1.29 is 0 Å². The van der Waals surface area contributed by atoms with Crippen molar-refractivity contribution in [3.8, 4) is 0 Å². The van der Waals surface area contributed by atoms with E-state index < -0.39 is 0 Å². The van der Waals surface area contributed by atoms with E-state index >= 15 is 0 Å². The first-order chi connectivity index (χ1) is 7.75. The van der Waals surface area contributed by atoms with Crippen LogP contribution in [0, 0.1) is 5.92 Å². The monoisotopic (exact) mass is 218 g/mol. The Bertz CT molecular complexity index is 345. The predicted octanol–water partition coefficient (Wildman–Crippen LogP) is 3.42. The standard InChI is InChI=1S/C14H22N2/c1-11(2)5-3-7-13-9-8-12-6-4-10-15-14(12)16-13/h8-9,11H,3-7,10H2,1-2H3,(H,15,16). The van der Waals surface area contributed by atoms with Crippen LogP contribution in [0.3, 0.4) is 0 Å². The van der Waals surface area contributed by atoms with E-state index in [1.54, 1.807) is 0 Å². The normalized spacial score (nSPS) is 14.7. The molecule has 0 spiro atoms. The second-order valence-corrected chi connectivity index (χ2v) is 5.13. The highest BCUT2D eigenvalue weighted by Gasteiger charge is 2.09. The first kappa shape index (κ1) is 11.4. The van der Waals surface area contributed by atoms with E-state index in [9.17, 15) is 0 Å². The molecular formula is C14H22N2. The maximum Gasteiger partial charge on any atom is 0.129 e. The topological polar surface area (TPSA) is 24.9 Å². The van der Waals surface area contributed by atoms with Gasteiger partial charge in [0.05, 0.1) is 0 Å². The van der Waals surface area contributed by atoms with Crippen LogP contribution in [0.15, 0.2) is 12.1 Å². The third-order valence-electron chi connectivity index (χ3n) is 3.17. The van der Waals surface area contributed by atoms with Crippen molar-refractivity contribution in [3.63, 3.8) is 0 Å². The summed E-state index contributed by atoms with van der Waals surface area (Å²) in [6.45, 7) is 5.64. The summed E-state index contributed by atoms with van der Waals surface area (Å²) in [5.74, 6) is 1.93. The fourth-order valence-corrected chi connectivity index (χ4v) is 2.20. The molecule has 0 bridgehead atoms. The van der Waals surface area contributed by atoms with Gasteiger partial charge in [0, 0.05) is 12.2 Å². The molecule has 1 aliphatic rings. The molecule has 0 amide bonds. The molecule has 0 unspecified atom stereocenters. The van der Waals surface area contributed by atoms with Crippen LogP contribution >= 0.6 is 0 Å². The third-order valence-corrected chi connectivity index (χ3v) is 3.17. The molecule has 2 nitrogen and oxygen atoms in total. The van der Waals surface area contributed by atoms with Crippen LogP contribution in [0.1, 0.15) is 44.4 Å². The van der Waals surface area contributed by atoms with Crippen LogP contribution in [0.2, 0.25) is 0 Å².